The van der Waals surface area contributed by atoms with E-state index in [2.05, 4.69) is 54.6 Å². The van der Waals surface area contributed by atoms with Crippen molar-refractivity contribution in [3.05, 3.63) is 90.0 Å². The zero-order valence-electron chi connectivity index (χ0n) is 12.6. The van der Waals surface area contributed by atoms with Crippen molar-refractivity contribution < 1.29 is 9.53 Å². The molecule has 3 unspecified atom stereocenters. The second-order valence-corrected chi connectivity index (χ2v) is 6.54. The fourth-order valence-electron chi connectivity index (χ4n) is 4.38. The summed E-state index contributed by atoms with van der Waals surface area (Å²) >= 11 is 0. The van der Waals surface area contributed by atoms with Crippen molar-refractivity contribution >= 4 is 11.5 Å². The molecule has 1 aliphatic heterocycles. The lowest BCUT2D eigenvalue weighted by Gasteiger charge is -2.23. The molecule has 0 amide bonds. The summed E-state index contributed by atoms with van der Waals surface area (Å²) in [4.78, 5) is 11.6. The van der Waals surface area contributed by atoms with Crippen LogP contribution >= 0.6 is 0 Å². The summed E-state index contributed by atoms with van der Waals surface area (Å²) in [7, 11) is 0. The number of benzene rings is 2. The van der Waals surface area contributed by atoms with E-state index in [4.69, 9.17) is 4.74 Å². The van der Waals surface area contributed by atoms with Gasteiger partial charge in [0.25, 0.3) is 0 Å². The number of allylic oxidation sites excluding steroid dienone is 1. The molecule has 112 valence electrons. The number of carbonyl (C=O) groups excluding carboxylic acids is 1. The Labute approximate surface area is 135 Å². The van der Waals surface area contributed by atoms with Gasteiger partial charge in [0.15, 0.2) is 0 Å². The number of fused-ring (bicyclic) bond motifs is 3. The standard InChI is InChI=1S/C21H16O2/c22-18-11-12-21(23-18)17-13-16(14-7-3-1-4-8-14)19(20(17)21)15-9-5-2-6-10-15/h1-13,17,19-20H/t17?,19?,20?,21-/m1/s1. The van der Waals surface area contributed by atoms with Crippen molar-refractivity contribution in [3.63, 3.8) is 0 Å². The van der Waals surface area contributed by atoms with Crippen LogP contribution in [0.25, 0.3) is 5.57 Å². The zero-order valence-corrected chi connectivity index (χ0v) is 12.6. The van der Waals surface area contributed by atoms with Crippen molar-refractivity contribution in [2.24, 2.45) is 11.8 Å². The first-order valence-corrected chi connectivity index (χ1v) is 8.04. The molecular formula is C21H16O2. The monoisotopic (exact) mass is 300 g/mol. The third kappa shape index (κ3) is 1.72. The Balaban J connectivity index is 1.61. The Bertz CT molecular complexity index is 835. The van der Waals surface area contributed by atoms with Crippen molar-refractivity contribution in [1.82, 2.24) is 0 Å². The van der Waals surface area contributed by atoms with Gasteiger partial charge in [-0.3, -0.25) is 0 Å². The molecule has 1 fully saturated rings. The van der Waals surface area contributed by atoms with Crippen LogP contribution in [0.1, 0.15) is 17.0 Å². The molecule has 0 radical (unpaired) electrons. The van der Waals surface area contributed by atoms with Crippen molar-refractivity contribution in [3.8, 4) is 0 Å². The molecule has 1 heterocycles. The van der Waals surface area contributed by atoms with E-state index in [0.29, 0.717) is 11.8 Å². The van der Waals surface area contributed by atoms with Gasteiger partial charge < -0.3 is 4.74 Å². The predicted molar refractivity (Wildman–Crippen MR) is 88.5 cm³/mol. The Morgan fingerprint density at radius 2 is 1.61 bits per heavy atom. The molecular weight excluding hydrogens is 284 g/mol. The minimum atomic E-state index is -0.393. The zero-order chi connectivity index (χ0) is 15.4. The van der Waals surface area contributed by atoms with E-state index in [1.54, 1.807) is 6.08 Å². The molecule has 2 nitrogen and oxygen atoms in total. The first-order valence-electron chi connectivity index (χ1n) is 8.04. The Morgan fingerprint density at radius 3 is 2.26 bits per heavy atom. The molecule has 0 N–H and O–H groups in total. The lowest BCUT2D eigenvalue weighted by Crippen LogP contribution is -2.19. The molecule has 0 saturated heterocycles. The van der Waals surface area contributed by atoms with Crippen LogP contribution < -0.4 is 0 Å². The largest absolute Gasteiger partial charge is 0.451 e. The van der Waals surface area contributed by atoms with Gasteiger partial charge in [-0.1, -0.05) is 66.7 Å². The highest BCUT2D eigenvalue weighted by atomic mass is 16.6. The van der Waals surface area contributed by atoms with Crippen LogP contribution in [0.15, 0.2) is 78.9 Å². The molecule has 3 aliphatic rings. The lowest BCUT2D eigenvalue weighted by molar-refractivity contribution is -0.141. The second-order valence-electron chi connectivity index (χ2n) is 6.54. The summed E-state index contributed by atoms with van der Waals surface area (Å²) in [6.07, 6.45) is 5.87. The quantitative estimate of drug-likeness (QED) is 0.785. The van der Waals surface area contributed by atoms with Crippen LogP contribution in [0, 0.1) is 11.8 Å². The fraction of sp³-hybridized carbons (Fsp3) is 0.190. The second kappa shape index (κ2) is 4.45. The first kappa shape index (κ1) is 12.9. The number of hydrogen-bond acceptors (Lipinski definition) is 2. The van der Waals surface area contributed by atoms with Crippen molar-refractivity contribution in [2.75, 3.05) is 0 Å². The molecule has 5 rings (SSSR count). The summed E-state index contributed by atoms with van der Waals surface area (Å²) in [5.41, 5.74) is 3.52. The van der Waals surface area contributed by atoms with Crippen LogP contribution in [0.5, 0.6) is 0 Å². The number of esters is 1. The van der Waals surface area contributed by atoms with E-state index < -0.39 is 5.60 Å². The smallest absolute Gasteiger partial charge is 0.331 e. The Morgan fingerprint density at radius 1 is 0.913 bits per heavy atom. The van der Waals surface area contributed by atoms with Crippen LogP contribution in [0.3, 0.4) is 0 Å². The van der Waals surface area contributed by atoms with Gasteiger partial charge in [0.2, 0.25) is 0 Å². The van der Waals surface area contributed by atoms with Gasteiger partial charge in [0.1, 0.15) is 5.60 Å². The molecule has 4 atom stereocenters. The van der Waals surface area contributed by atoms with E-state index in [0.717, 1.165) is 0 Å². The summed E-state index contributed by atoms with van der Waals surface area (Å²) in [6.45, 7) is 0. The van der Waals surface area contributed by atoms with E-state index in [1.807, 2.05) is 18.2 Å². The number of ether oxygens (including phenoxy) is 1. The third-order valence-electron chi connectivity index (χ3n) is 5.40. The number of hydrogen-bond donors (Lipinski definition) is 0. The van der Waals surface area contributed by atoms with Crippen LogP contribution in [0.4, 0.5) is 0 Å². The topological polar surface area (TPSA) is 26.3 Å². The Kier molecular flexibility index (Phi) is 2.49. The van der Waals surface area contributed by atoms with Gasteiger partial charge in [-0.2, -0.15) is 0 Å². The van der Waals surface area contributed by atoms with Gasteiger partial charge in [-0.05, 0) is 22.8 Å². The highest BCUT2D eigenvalue weighted by Gasteiger charge is 2.72. The van der Waals surface area contributed by atoms with E-state index in [-0.39, 0.29) is 11.9 Å². The minimum absolute atomic E-state index is 0.208. The van der Waals surface area contributed by atoms with E-state index in [9.17, 15) is 4.79 Å². The summed E-state index contributed by atoms with van der Waals surface area (Å²) in [5, 5.41) is 0. The molecule has 2 aromatic carbocycles. The third-order valence-corrected chi connectivity index (χ3v) is 5.40. The van der Waals surface area contributed by atoms with E-state index in [1.165, 1.54) is 16.7 Å². The van der Waals surface area contributed by atoms with Gasteiger partial charge >= 0.3 is 5.97 Å². The first-order chi connectivity index (χ1) is 11.3. The van der Waals surface area contributed by atoms with Crippen LogP contribution in [-0.2, 0) is 9.53 Å². The van der Waals surface area contributed by atoms with Gasteiger partial charge in [-0.25, -0.2) is 4.79 Å². The maximum absolute atomic E-state index is 11.6. The molecule has 2 aromatic rings. The normalized spacial score (nSPS) is 33.5. The SMILES string of the molecule is O=C1C=C[C@@]2(O1)C1C=C(c3ccccc3)C(c3ccccc3)C12. The fourth-order valence-corrected chi connectivity index (χ4v) is 4.38. The van der Waals surface area contributed by atoms with Gasteiger partial charge in [-0.15, -0.1) is 0 Å². The summed E-state index contributed by atoms with van der Waals surface area (Å²) in [5.74, 6) is 0.688. The van der Waals surface area contributed by atoms with E-state index >= 15 is 0 Å². The molecule has 0 bridgehead atoms. The highest BCUT2D eigenvalue weighted by Crippen LogP contribution is 2.70. The maximum atomic E-state index is 11.6. The molecule has 1 saturated carbocycles. The number of carbonyl (C=O) groups is 1. The maximum Gasteiger partial charge on any atom is 0.331 e. The van der Waals surface area contributed by atoms with Crippen molar-refractivity contribution in [2.45, 2.75) is 11.5 Å². The van der Waals surface area contributed by atoms with Crippen molar-refractivity contribution in [1.29, 1.82) is 0 Å². The molecule has 0 aromatic heterocycles. The van der Waals surface area contributed by atoms with Gasteiger partial charge in [0.05, 0.1) is 0 Å². The lowest BCUT2D eigenvalue weighted by atomic mass is 9.84. The average Bonchev–Trinajstić information content (AvgIpc) is 2.93. The average molecular weight is 300 g/mol. The van der Waals surface area contributed by atoms with Crippen LogP contribution in [-0.4, -0.2) is 11.6 Å². The molecule has 23 heavy (non-hydrogen) atoms. The molecule has 2 heteroatoms. The molecule has 2 aliphatic carbocycles. The Hall–Kier alpha value is -2.61. The minimum Gasteiger partial charge on any atom is -0.451 e. The van der Waals surface area contributed by atoms with Gasteiger partial charge in [0, 0.05) is 23.8 Å². The summed E-state index contributed by atoms with van der Waals surface area (Å²) < 4.78 is 5.67. The van der Waals surface area contributed by atoms with Crippen LogP contribution in [0.2, 0.25) is 0 Å². The summed E-state index contributed by atoms with van der Waals surface area (Å²) in [6, 6.07) is 21.1. The highest BCUT2D eigenvalue weighted by molar-refractivity contribution is 5.88. The number of rotatable bonds is 2. The molecule has 1 spiro atoms. The predicted octanol–water partition coefficient (Wildman–Crippen LogP) is 3.97.